The van der Waals surface area contributed by atoms with Gasteiger partial charge in [0.2, 0.25) is 5.96 Å². The number of fused-ring (bicyclic) bond motifs is 3. The number of anilines is 1. The maximum absolute atomic E-state index is 14.2. The van der Waals surface area contributed by atoms with Crippen molar-refractivity contribution in [1.29, 1.82) is 0 Å². The highest BCUT2D eigenvalue weighted by atomic mass is 19.2. The fourth-order valence-corrected chi connectivity index (χ4v) is 5.93. The van der Waals surface area contributed by atoms with Crippen molar-refractivity contribution in [3.05, 3.63) is 65.1 Å². The van der Waals surface area contributed by atoms with E-state index in [0.29, 0.717) is 47.9 Å². The zero-order valence-corrected chi connectivity index (χ0v) is 22.0. The summed E-state index contributed by atoms with van der Waals surface area (Å²) in [5.74, 6) is 0.241. The van der Waals surface area contributed by atoms with E-state index in [0.717, 1.165) is 30.2 Å². The summed E-state index contributed by atoms with van der Waals surface area (Å²) in [6, 6.07) is 7.96. The van der Waals surface area contributed by atoms with E-state index in [9.17, 15) is 13.6 Å². The summed E-state index contributed by atoms with van der Waals surface area (Å²) in [6.07, 6.45) is 7.86. The zero-order valence-electron chi connectivity index (χ0n) is 22.0. The number of pyridine rings is 1. The van der Waals surface area contributed by atoms with Crippen molar-refractivity contribution in [2.75, 3.05) is 18.0 Å². The molecule has 0 spiro atoms. The molecular weight excluding hydrogens is 486 g/mol. The first-order valence-electron chi connectivity index (χ1n) is 13.5. The number of hydrogen-bond acceptors (Lipinski definition) is 5. The molecule has 1 aliphatic carbocycles. The summed E-state index contributed by atoms with van der Waals surface area (Å²) in [5, 5.41) is 0. The van der Waals surface area contributed by atoms with Crippen LogP contribution in [0.2, 0.25) is 0 Å². The van der Waals surface area contributed by atoms with Crippen molar-refractivity contribution in [2.45, 2.75) is 70.9 Å². The highest BCUT2D eigenvalue weighted by Crippen LogP contribution is 2.39. The molecule has 4 heterocycles. The van der Waals surface area contributed by atoms with E-state index in [1.54, 1.807) is 11.0 Å². The molecule has 0 bridgehead atoms. The van der Waals surface area contributed by atoms with Gasteiger partial charge in [-0.05, 0) is 63.4 Å². The van der Waals surface area contributed by atoms with E-state index in [1.807, 2.05) is 42.5 Å². The number of carbonyl (C=O) groups is 1. The van der Waals surface area contributed by atoms with Gasteiger partial charge in [-0.3, -0.25) is 19.6 Å². The number of halogens is 2. The van der Waals surface area contributed by atoms with Crippen molar-refractivity contribution in [1.82, 2.24) is 19.4 Å². The normalized spacial score (nSPS) is 19.0. The number of amides is 1. The molecule has 2 aliphatic heterocycles. The summed E-state index contributed by atoms with van der Waals surface area (Å²) in [6.45, 7) is 7.22. The first kappa shape index (κ1) is 24.7. The first-order valence-corrected chi connectivity index (χ1v) is 13.5. The van der Waals surface area contributed by atoms with Gasteiger partial charge in [0.15, 0.2) is 17.3 Å². The maximum Gasteiger partial charge on any atom is 0.283 e. The van der Waals surface area contributed by atoms with Gasteiger partial charge in [0, 0.05) is 29.9 Å². The van der Waals surface area contributed by atoms with Crippen molar-refractivity contribution < 1.29 is 13.6 Å². The van der Waals surface area contributed by atoms with Crippen LogP contribution in [0.15, 0.2) is 41.5 Å². The topological polar surface area (TPSA) is 66.6 Å². The molecule has 1 amide bonds. The molecule has 3 aliphatic rings. The molecule has 0 radical (unpaired) electrons. The van der Waals surface area contributed by atoms with Gasteiger partial charge in [-0.15, -0.1) is 0 Å². The Hall–Kier alpha value is -3.62. The Labute approximate surface area is 221 Å². The lowest BCUT2D eigenvalue weighted by molar-refractivity contribution is 0.0841. The van der Waals surface area contributed by atoms with Crippen LogP contribution in [0, 0.1) is 11.6 Å². The Morgan fingerprint density at radius 2 is 1.84 bits per heavy atom. The third kappa shape index (κ3) is 4.18. The van der Waals surface area contributed by atoms with Gasteiger partial charge in [0.25, 0.3) is 5.91 Å². The van der Waals surface area contributed by atoms with Crippen LogP contribution in [-0.2, 0) is 6.54 Å². The summed E-state index contributed by atoms with van der Waals surface area (Å²) in [5.41, 5.74) is 2.36. The molecule has 2 aromatic heterocycles. The number of rotatable bonds is 5. The predicted octanol–water partition coefficient (Wildman–Crippen LogP) is 5.75. The van der Waals surface area contributed by atoms with Crippen LogP contribution in [0.25, 0.3) is 11.4 Å². The van der Waals surface area contributed by atoms with Gasteiger partial charge >= 0.3 is 0 Å². The van der Waals surface area contributed by atoms with Crippen molar-refractivity contribution >= 4 is 17.7 Å². The van der Waals surface area contributed by atoms with Gasteiger partial charge in [-0.2, -0.15) is 0 Å². The van der Waals surface area contributed by atoms with E-state index in [4.69, 9.17) is 15.0 Å². The van der Waals surface area contributed by atoms with Crippen molar-refractivity contribution in [3.63, 3.8) is 0 Å². The molecule has 9 heteroatoms. The van der Waals surface area contributed by atoms with E-state index >= 15 is 0 Å². The van der Waals surface area contributed by atoms with Crippen molar-refractivity contribution in [2.24, 2.45) is 4.99 Å². The molecular formula is C29H32F2N6O. The summed E-state index contributed by atoms with van der Waals surface area (Å²) < 4.78 is 29.8. The number of aromatic nitrogens is 3. The minimum absolute atomic E-state index is 0.211. The highest BCUT2D eigenvalue weighted by molar-refractivity contribution is 6.18. The van der Waals surface area contributed by atoms with Gasteiger partial charge in [0.05, 0.1) is 18.6 Å². The summed E-state index contributed by atoms with van der Waals surface area (Å²) in [4.78, 5) is 31.8. The monoisotopic (exact) mass is 518 g/mol. The van der Waals surface area contributed by atoms with Crippen LogP contribution in [0.5, 0.6) is 0 Å². The molecule has 3 aromatic rings. The van der Waals surface area contributed by atoms with Crippen LogP contribution < -0.4 is 4.90 Å². The average molecular weight is 519 g/mol. The second kappa shape index (κ2) is 9.29. The van der Waals surface area contributed by atoms with Crippen LogP contribution in [0.4, 0.5) is 14.6 Å². The largest absolute Gasteiger partial charge is 0.305 e. The van der Waals surface area contributed by atoms with E-state index in [-0.39, 0.29) is 12.5 Å². The molecule has 0 N–H and O–H groups in total. The maximum atomic E-state index is 14.2. The minimum atomic E-state index is -0.908. The Balaban J connectivity index is 1.48. The minimum Gasteiger partial charge on any atom is -0.305 e. The Morgan fingerprint density at radius 3 is 2.53 bits per heavy atom. The van der Waals surface area contributed by atoms with E-state index < -0.39 is 17.2 Å². The lowest BCUT2D eigenvalue weighted by atomic mass is 9.86. The predicted molar refractivity (Wildman–Crippen MR) is 142 cm³/mol. The number of imidazole rings is 1. The van der Waals surface area contributed by atoms with Crippen molar-refractivity contribution in [3.8, 4) is 11.4 Å². The molecule has 0 atom stereocenters. The summed E-state index contributed by atoms with van der Waals surface area (Å²) in [7, 11) is 0. The zero-order chi connectivity index (χ0) is 26.6. The molecule has 6 rings (SSSR count). The Kier molecular flexibility index (Phi) is 6.04. The van der Waals surface area contributed by atoms with E-state index in [2.05, 4.69) is 6.07 Å². The van der Waals surface area contributed by atoms with Crippen LogP contribution in [0.3, 0.4) is 0 Å². The fraction of sp³-hybridized carbons (Fsp3) is 0.448. The number of carbonyl (C=O) groups excluding carboxylic acids is 1. The molecule has 1 aromatic carbocycles. The number of hydrogen-bond donors (Lipinski definition) is 0. The second-order valence-corrected chi connectivity index (χ2v) is 11.1. The smallest absolute Gasteiger partial charge is 0.283 e. The number of guanidine groups is 1. The Morgan fingerprint density at radius 1 is 1.05 bits per heavy atom. The number of benzene rings is 1. The summed E-state index contributed by atoms with van der Waals surface area (Å²) >= 11 is 0. The SMILES string of the molecule is CCN1C(=O)c2nc(-c3ccc(C4CCCCC4)nc3)n(Cc3ccc(F)c(F)c3)c2N2CC(C)(C)N=C12. The molecule has 0 unspecified atom stereocenters. The quantitative estimate of drug-likeness (QED) is 0.431. The van der Waals surface area contributed by atoms with Gasteiger partial charge in [0.1, 0.15) is 11.6 Å². The van der Waals surface area contributed by atoms with Crippen LogP contribution in [0.1, 0.15) is 80.5 Å². The van der Waals surface area contributed by atoms with Crippen LogP contribution in [-0.4, -0.2) is 49.9 Å². The van der Waals surface area contributed by atoms with E-state index in [1.165, 1.54) is 25.3 Å². The fourth-order valence-electron chi connectivity index (χ4n) is 5.93. The van der Waals surface area contributed by atoms with Crippen LogP contribution >= 0.6 is 0 Å². The molecule has 1 fully saturated rings. The second-order valence-electron chi connectivity index (χ2n) is 11.1. The first-order chi connectivity index (χ1) is 18.3. The standard InChI is InChI=1S/C29H32F2N6O/c1-4-35-27(38)24-26(37-17-29(2,3)34-28(35)37)36(16-18-10-12-21(30)22(31)14-18)25(33-24)20-11-13-23(32-15-20)19-8-6-5-7-9-19/h10-15,19H,4-9,16-17H2,1-3H3. The third-order valence-corrected chi connectivity index (χ3v) is 7.78. The Bertz CT molecular complexity index is 1420. The van der Waals surface area contributed by atoms with Gasteiger partial charge in [-0.25, -0.2) is 18.8 Å². The highest BCUT2D eigenvalue weighted by Gasteiger charge is 2.45. The van der Waals surface area contributed by atoms with Gasteiger partial charge in [-0.1, -0.05) is 25.3 Å². The van der Waals surface area contributed by atoms with Gasteiger partial charge < -0.3 is 4.57 Å². The number of nitrogens with zero attached hydrogens (tertiary/aromatic N) is 6. The number of aliphatic imine (C=N–C) groups is 1. The molecule has 0 saturated heterocycles. The lowest BCUT2D eigenvalue weighted by Gasteiger charge is -2.34. The third-order valence-electron chi connectivity index (χ3n) is 7.78. The molecule has 7 nitrogen and oxygen atoms in total. The average Bonchev–Trinajstić information content (AvgIpc) is 3.44. The molecule has 198 valence electrons. The molecule has 38 heavy (non-hydrogen) atoms. The lowest BCUT2D eigenvalue weighted by Crippen LogP contribution is -2.51. The molecule has 1 saturated carbocycles.